The molecule has 0 atom stereocenters. The SMILES string of the molecule is Cc1ccc(NCc2cc(O)cc(F)c2)c(C)c1O. The van der Waals surface area contributed by atoms with Gasteiger partial charge in [0.1, 0.15) is 17.3 Å². The number of benzene rings is 2. The summed E-state index contributed by atoms with van der Waals surface area (Å²) in [4.78, 5) is 0. The number of hydrogen-bond acceptors (Lipinski definition) is 3. The Morgan fingerprint density at radius 2 is 1.84 bits per heavy atom. The van der Waals surface area contributed by atoms with Crippen LogP contribution in [0.2, 0.25) is 0 Å². The van der Waals surface area contributed by atoms with Crippen LogP contribution >= 0.6 is 0 Å². The zero-order valence-electron chi connectivity index (χ0n) is 10.9. The van der Waals surface area contributed by atoms with Crippen LogP contribution in [0.25, 0.3) is 0 Å². The summed E-state index contributed by atoms with van der Waals surface area (Å²) in [6, 6.07) is 7.60. The summed E-state index contributed by atoms with van der Waals surface area (Å²) in [5.74, 6) is -0.312. The van der Waals surface area contributed by atoms with E-state index in [9.17, 15) is 14.6 Å². The first-order valence-corrected chi connectivity index (χ1v) is 5.99. The molecule has 0 aliphatic carbocycles. The highest BCUT2D eigenvalue weighted by Gasteiger charge is 2.06. The number of anilines is 1. The fourth-order valence-corrected chi connectivity index (χ4v) is 1.96. The molecule has 0 fully saturated rings. The van der Waals surface area contributed by atoms with Gasteiger partial charge in [0.15, 0.2) is 0 Å². The zero-order valence-corrected chi connectivity index (χ0v) is 10.9. The first-order chi connectivity index (χ1) is 8.97. The van der Waals surface area contributed by atoms with Gasteiger partial charge in [0.2, 0.25) is 0 Å². The summed E-state index contributed by atoms with van der Waals surface area (Å²) >= 11 is 0. The third-order valence-electron chi connectivity index (χ3n) is 3.06. The normalized spacial score (nSPS) is 10.5. The number of phenolic OH excluding ortho intramolecular Hbond substituents is 2. The molecular formula is C15H16FNO2. The Hall–Kier alpha value is -2.23. The number of hydrogen-bond donors (Lipinski definition) is 3. The Morgan fingerprint density at radius 3 is 2.53 bits per heavy atom. The van der Waals surface area contributed by atoms with Crippen LogP contribution in [-0.4, -0.2) is 10.2 Å². The number of rotatable bonds is 3. The molecule has 0 unspecified atom stereocenters. The number of halogens is 1. The average molecular weight is 261 g/mol. The maximum Gasteiger partial charge on any atom is 0.127 e. The highest BCUT2D eigenvalue weighted by atomic mass is 19.1. The topological polar surface area (TPSA) is 52.5 Å². The van der Waals surface area contributed by atoms with Crippen LogP contribution in [-0.2, 0) is 6.54 Å². The second-order valence-corrected chi connectivity index (χ2v) is 4.57. The lowest BCUT2D eigenvalue weighted by Crippen LogP contribution is -2.02. The van der Waals surface area contributed by atoms with E-state index in [1.54, 1.807) is 0 Å². The molecule has 0 heterocycles. The van der Waals surface area contributed by atoms with E-state index >= 15 is 0 Å². The van der Waals surface area contributed by atoms with Gasteiger partial charge in [-0.05, 0) is 43.2 Å². The summed E-state index contributed by atoms with van der Waals surface area (Å²) in [7, 11) is 0. The van der Waals surface area contributed by atoms with Gasteiger partial charge in [-0.1, -0.05) is 6.07 Å². The Balaban J connectivity index is 2.17. The predicted octanol–water partition coefficient (Wildman–Crippen LogP) is 3.47. The minimum Gasteiger partial charge on any atom is -0.508 e. The Bertz CT molecular complexity index is 591. The van der Waals surface area contributed by atoms with Crippen molar-refractivity contribution in [1.29, 1.82) is 0 Å². The Morgan fingerprint density at radius 1 is 1.11 bits per heavy atom. The van der Waals surface area contributed by atoms with Gasteiger partial charge in [0, 0.05) is 23.9 Å². The third kappa shape index (κ3) is 2.96. The fraction of sp³-hybridized carbons (Fsp3) is 0.200. The Labute approximate surface area is 111 Å². The van der Waals surface area contributed by atoms with E-state index in [0.29, 0.717) is 12.1 Å². The molecule has 3 nitrogen and oxygen atoms in total. The maximum absolute atomic E-state index is 13.1. The number of aryl methyl sites for hydroxylation is 1. The van der Waals surface area contributed by atoms with E-state index < -0.39 is 5.82 Å². The molecule has 3 N–H and O–H groups in total. The third-order valence-corrected chi connectivity index (χ3v) is 3.06. The van der Waals surface area contributed by atoms with Gasteiger partial charge >= 0.3 is 0 Å². The van der Waals surface area contributed by atoms with E-state index in [1.807, 2.05) is 26.0 Å². The van der Waals surface area contributed by atoms with Gasteiger partial charge in [-0.3, -0.25) is 0 Å². The van der Waals surface area contributed by atoms with Crippen molar-refractivity contribution in [1.82, 2.24) is 0 Å². The minimum absolute atomic E-state index is 0.0970. The summed E-state index contributed by atoms with van der Waals surface area (Å²) in [6.45, 7) is 4.01. The van der Waals surface area contributed by atoms with Crippen molar-refractivity contribution in [2.24, 2.45) is 0 Å². The second-order valence-electron chi connectivity index (χ2n) is 4.57. The van der Waals surface area contributed by atoms with Crippen LogP contribution < -0.4 is 5.32 Å². The molecule has 0 bridgehead atoms. The molecule has 2 aromatic rings. The van der Waals surface area contributed by atoms with Gasteiger partial charge < -0.3 is 15.5 Å². The van der Waals surface area contributed by atoms with E-state index in [0.717, 1.165) is 22.9 Å². The molecule has 0 radical (unpaired) electrons. The zero-order chi connectivity index (χ0) is 14.0. The summed E-state index contributed by atoms with van der Waals surface area (Å²) in [6.07, 6.45) is 0. The number of nitrogens with one attached hydrogen (secondary N) is 1. The molecule has 0 aromatic heterocycles. The van der Waals surface area contributed by atoms with Gasteiger partial charge in [0.25, 0.3) is 0 Å². The smallest absolute Gasteiger partial charge is 0.127 e. The lowest BCUT2D eigenvalue weighted by molar-refractivity contribution is 0.466. The number of aromatic hydroxyl groups is 2. The van der Waals surface area contributed by atoms with E-state index in [4.69, 9.17) is 0 Å². The Kier molecular flexibility index (Phi) is 3.60. The van der Waals surface area contributed by atoms with Crippen molar-refractivity contribution < 1.29 is 14.6 Å². The van der Waals surface area contributed by atoms with Gasteiger partial charge in [-0.15, -0.1) is 0 Å². The van der Waals surface area contributed by atoms with Crippen molar-refractivity contribution in [3.63, 3.8) is 0 Å². The van der Waals surface area contributed by atoms with Crippen molar-refractivity contribution >= 4 is 5.69 Å². The monoisotopic (exact) mass is 261 g/mol. The highest BCUT2D eigenvalue weighted by Crippen LogP contribution is 2.28. The molecule has 0 spiro atoms. The molecule has 4 heteroatoms. The molecular weight excluding hydrogens is 245 g/mol. The summed E-state index contributed by atoms with van der Waals surface area (Å²) < 4.78 is 13.1. The molecule has 0 amide bonds. The molecule has 100 valence electrons. The van der Waals surface area contributed by atoms with E-state index in [-0.39, 0.29) is 11.5 Å². The molecule has 0 aliphatic rings. The first-order valence-electron chi connectivity index (χ1n) is 5.99. The van der Waals surface area contributed by atoms with Crippen LogP contribution in [0.3, 0.4) is 0 Å². The first kappa shape index (κ1) is 13.2. The lowest BCUT2D eigenvalue weighted by atomic mass is 10.1. The molecule has 0 saturated carbocycles. The van der Waals surface area contributed by atoms with Crippen LogP contribution in [0, 0.1) is 19.7 Å². The fourth-order valence-electron chi connectivity index (χ4n) is 1.96. The van der Waals surface area contributed by atoms with Gasteiger partial charge in [0.05, 0.1) is 0 Å². The largest absolute Gasteiger partial charge is 0.508 e. The van der Waals surface area contributed by atoms with Crippen molar-refractivity contribution in [2.45, 2.75) is 20.4 Å². The van der Waals surface area contributed by atoms with E-state index in [1.165, 1.54) is 12.1 Å². The lowest BCUT2D eigenvalue weighted by Gasteiger charge is -2.12. The quantitative estimate of drug-likeness (QED) is 0.793. The van der Waals surface area contributed by atoms with E-state index in [2.05, 4.69) is 5.32 Å². The van der Waals surface area contributed by atoms with Crippen molar-refractivity contribution in [2.75, 3.05) is 5.32 Å². The standard InChI is InChI=1S/C15H16FNO2/c1-9-3-4-14(10(2)15(9)19)17-8-11-5-12(16)7-13(18)6-11/h3-7,17-19H,8H2,1-2H3. The van der Waals surface area contributed by atoms with Crippen molar-refractivity contribution in [3.8, 4) is 11.5 Å². The van der Waals surface area contributed by atoms with Gasteiger partial charge in [-0.2, -0.15) is 0 Å². The molecule has 2 aromatic carbocycles. The summed E-state index contributed by atoms with van der Waals surface area (Å²) in [5.41, 5.74) is 2.98. The highest BCUT2D eigenvalue weighted by molar-refractivity contribution is 5.59. The maximum atomic E-state index is 13.1. The van der Waals surface area contributed by atoms with Crippen LogP contribution in [0.4, 0.5) is 10.1 Å². The molecule has 19 heavy (non-hydrogen) atoms. The minimum atomic E-state index is -0.472. The second kappa shape index (κ2) is 5.18. The van der Waals surface area contributed by atoms with Gasteiger partial charge in [-0.25, -0.2) is 4.39 Å². The van der Waals surface area contributed by atoms with Crippen LogP contribution in [0.1, 0.15) is 16.7 Å². The van der Waals surface area contributed by atoms with Crippen LogP contribution in [0.15, 0.2) is 30.3 Å². The summed E-state index contributed by atoms with van der Waals surface area (Å²) in [5, 5.41) is 22.3. The van der Waals surface area contributed by atoms with Crippen molar-refractivity contribution in [3.05, 3.63) is 52.8 Å². The molecule has 0 aliphatic heterocycles. The number of phenols is 2. The molecule has 0 saturated heterocycles. The van der Waals surface area contributed by atoms with Crippen LogP contribution in [0.5, 0.6) is 11.5 Å². The molecule has 2 rings (SSSR count). The predicted molar refractivity (Wildman–Crippen MR) is 73.0 cm³/mol. The average Bonchev–Trinajstić information content (AvgIpc) is 2.34.